The Balaban J connectivity index is 1.99. The third-order valence-corrected chi connectivity index (χ3v) is 4.04. The van der Waals surface area contributed by atoms with E-state index in [2.05, 4.69) is 5.32 Å². The Bertz CT molecular complexity index is 662. The molecular formula is C16H15F2NO2S. The van der Waals surface area contributed by atoms with Gasteiger partial charge in [-0.05, 0) is 43.3 Å². The second-order valence-corrected chi connectivity index (χ2v) is 5.96. The maximum absolute atomic E-state index is 13.5. The molecule has 1 atom stereocenters. The molecule has 0 fully saturated rings. The number of halogens is 2. The topological polar surface area (TPSA) is 38.3 Å². The minimum Gasteiger partial charge on any atom is -0.497 e. The smallest absolute Gasteiger partial charge is 0.237 e. The van der Waals surface area contributed by atoms with E-state index in [-0.39, 0.29) is 11.6 Å². The number of ether oxygens (including phenoxy) is 1. The van der Waals surface area contributed by atoms with E-state index in [9.17, 15) is 13.6 Å². The second-order valence-electron chi connectivity index (χ2n) is 4.55. The summed E-state index contributed by atoms with van der Waals surface area (Å²) < 4.78 is 31.4. The highest BCUT2D eigenvalue weighted by Crippen LogP contribution is 2.26. The van der Waals surface area contributed by atoms with Crippen LogP contribution in [0.5, 0.6) is 5.75 Å². The molecule has 0 aliphatic heterocycles. The molecule has 6 heteroatoms. The summed E-state index contributed by atoms with van der Waals surface area (Å²) in [6, 6.07) is 10.3. The summed E-state index contributed by atoms with van der Waals surface area (Å²) in [6.45, 7) is 1.71. The van der Waals surface area contributed by atoms with Gasteiger partial charge in [-0.2, -0.15) is 0 Å². The van der Waals surface area contributed by atoms with Gasteiger partial charge in [0.15, 0.2) is 0 Å². The first kappa shape index (κ1) is 16.3. The molecule has 1 amide bonds. The molecule has 116 valence electrons. The van der Waals surface area contributed by atoms with Crippen molar-refractivity contribution in [1.29, 1.82) is 0 Å². The molecule has 0 heterocycles. The van der Waals surface area contributed by atoms with Crippen molar-refractivity contribution in [3.8, 4) is 5.75 Å². The van der Waals surface area contributed by atoms with Crippen molar-refractivity contribution in [2.45, 2.75) is 17.1 Å². The van der Waals surface area contributed by atoms with Crippen molar-refractivity contribution in [1.82, 2.24) is 0 Å². The summed E-state index contributed by atoms with van der Waals surface area (Å²) in [4.78, 5) is 13.0. The molecule has 0 aromatic heterocycles. The van der Waals surface area contributed by atoms with Crippen LogP contribution in [0.1, 0.15) is 6.92 Å². The number of thioether (sulfide) groups is 1. The van der Waals surface area contributed by atoms with Gasteiger partial charge in [-0.25, -0.2) is 8.78 Å². The number of amides is 1. The van der Waals surface area contributed by atoms with Crippen molar-refractivity contribution in [2.24, 2.45) is 0 Å². The minimum absolute atomic E-state index is 0.0337. The average Bonchev–Trinajstić information content (AvgIpc) is 2.50. The van der Waals surface area contributed by atoms with Gasteiger partial charge in [-0.1, -0.05) is 0 Å². The molecule has 0 saturated heterocycles. The molecule has 0 spiro atoms. The molecule has 0 bridgehead atoms. The van der Waals surface area contributed by atoms with Crippen LogP contribution in [-0.4, -0.2) is 18.3 Å². The molecule has 1 N–H and O–H groups in total. The zero-order valence-corrected chi connectivity index (χ0v) is 12.9. The quantitative estimate of drug-likeness (QED) is 0.842. The fraction of sp³-hybridized carbons (Fsp3) is 0.188. The van der Waals surface area contributed by atoms with E-state index < -0.39 is 16.9 Å². The van der Waals surface area contributed by atoms with Crippen molar-refractivity contribution in [3.63, 3.8) is 0 Å². The Morgan fingerprint density at radius 1 is 1.18 bits per heavy atom. The van der Waals surface area contributed by atoms with E-state index in [1.54, 1.807) is 26.2 Å². The third kappa shape index (κ3) is 4.21. The zero-order chi connectivity index (χ0) is 16.1. The fourth-order valence-corrected chi connectivity index (χ4v) is 2.60. The van der Waals surface area contributed by atoms with E-state index in [0.717, 1.165) is 22.8 Å². The molecule has 2 aromatic rings. The Kier molecular flexibility index (Phi) is 5.38. The van der Waals surface area contributed by atoms with Gasteiger partial charge in [0.2, 0.25) is 5.91 Å². The van der Waals surface area contributed by atoms with Crippen LogP contribution in [0.15, 0.2) is 47.4 Å². The van der Waals surface area contributed by atoms with Gasteiger partial charge in [-0.15, -0.1) is 11.8 Å². The van der Waals surface area contributed by atoms with E-state index in [0.29, 0.717) is 0 Å². The van der Waals surface area contributed by atoms with Crippen molar-refractivity contribution >= 4 is 23.4 Å². The summed E-state index contributed by atoms with van der Waals surface area (Å²) in [5, 5.41) is 2.02. The predicted octanol–water partition coefficient (Wildman–Crippen LogP) is 4.09. The fourth-order valence-electron chi connectivity index (χ4n) is 1.74. The van der Waals surface area contributed by atoms with Crippen LogP contribution < -0.4 is 10.1 Å². The van der Waals surface area contributed by atoms with Crippen LogP contribution in [0.4, 0.5) is 14.5 Å². The lowest BCUT2D eigenvalue weighted by Crippen LogP contribution is -2.23. The van der Waals surface area contributed by atoms with Crippen LogP contribution in [0.2, 0.25) is 0 Å². The minimum atomic E-state index is -0.796. The summed E-state index contributed by atoms with van der Waals surface area (Å²) >= 11 is 1.34. The molecular weight excluding hydrogens is 308 g/mol. The molecule has 0 saturated carbocycles. The number of nitrogens with one attached hydrogen (secondary N) is 1. The van der Waals surface area contributed by atoms with Gasteiger partial charge >= 0.3 is 0 Å². The highest BCUT2D eigenvalue weighted by molar-refractivity contribution is 8.00. The second kappa shape index (κ2) is 7.26. The SMILES string of the molecule is COc1ccc(SC(C)C(=O)Nc2ccc(F)cc2F)cc1. The molecule has 22 heavy (non-hydrogen) atoms. The maximum atomic E-state index is 13.5. The van der Waals surface area contributed by atoms with Gasteiger partial charge in [-0.3, -0.25) is 4.79 Å². The van der Waals surface area contributed by atoms with Crippen LogP contribution in [0.25, 0.3) is 0 Å². The summed E-state index contributed by atoms with van der Waals surface area (Å²) in [5.41, 5.74) is -0.0337. The first-order chi connectivity index (χ1) is 10.5. The number of carbonyl (C=O) groups excluding carboxylic acids is 1. The van der Waals surface area contributed by atoms with Gasteiger partial charge in [0.05, 0.1) is 18.0 Å². The molecule has 2 aromatic carbocycles. The van der Waals surface area contributed by atoms with Gasteiger partial charge < -0.3 is 10.1 Å². The molecule has 1 unspecified atom stereocenters. The first-order valence-electron chi connectivity index (χ1n) is 6.56. The lowest BCUT2D eigenvalue weighted by molar-refractivity contribution is -0.115. The number of anilines is 1. The van der Waals surface area contributed by atoms with Crippen LogP contribution in [0.3, 0.4) is 0 Å². The Labute approximate surface area is 131 Å². The average molecular weight is 323 g/mol. The van der Waals surface area contributed by atoms with E-state index in [4.69, 9.17) is 4.74 Å². The number of benzene rings is 2. The number of hydrogen-bond acceptors (Lipinski definition) is 3. The Morgan fingerprint density at radius 3 is 2.45 bits per heavy atom. The van der Waals surface area contributed by atoms with E-state index in [1.807, 2.05) is 12.1 Å². The highest BCUT2D eigenvalue weighted by atomic mass is 32.2. The lowest BCUT2D eigenvalue weighted by Gasteiger charge is -2.12. The standard InChI is InChI=1S/C16H15F2NO2S/c1-10(22-13-6-4-12(21-2)5-7-13)16(20)19-15-8-3-11(17)9-14(15)18/h3-10H,1-2H3,(H,19,20). The van der Waals surface area contributed by atoms with Crippen LogP contribution in [-0.2, 0) is 4.79 Å². The van der Waals surface area contributed by atoms with Crippen molar-refractivity contribution < 1.29 is 18.3 Å². The van der Waals surface area contributed by atoms with Crippen LogP contribution >= 0.6 is 11.8 Å². The van der Waals surface area contributed by atoms with Gasteiger partial charge in [0.25, 0.3) is 0 Å². The van der Waals surface area contributed by atoms with E-state index >= 15 is 0 Å². The normalized spacial score (nSPS) is 11.8. The Morgan fingerprint density at radius 2 is 1.86 bits per heavy atom. The summed E-state index contributed by atoms with van der Waals surface area (Å²) in [7, 11) is 1.58. The van der Waals surface area contributed by atoms with Crippen molar-refractivity contribution in [2.75, 3.05) is 12.4 Å². The predicted molar refractivity (Wildman–Crippen MR) is 83.3 cm³/mol. The number of rotatable bonds is 5. The maximum Gasteiger partial charge on any atom is 0.237 e. The summed E-state index contributed by atoms with van der Waals surface area (Å²) in [6.07, 6.45) is 0. The number of carbonyl (C=O) groups is 1. The molecule has 0 aliphatic carbocycles. The molecule has 0 aliphatic rings. The number of hydrogen-bond donors (Lipinski definition) is 1. The monoisotopic (exact) mass is 323 g/mol. The van der Waals surface area contributed by atoms with Crippen molar-refractivity contribution in [3.05, 3.63) is 54.1 Å². The van der Waals surface area contributed by atoms with Crippen LogP contribution in [0, 0.1) is 11.6 Å². The third-order valence-electron chi connectivity index (χ3n) is 2.93. The van der Waals surface area contributed by atoms with Gasteiger partial charge in [0.1, 0.15) is 17.4 Å². The Hall–Kier alpha value is -2.08. The first-order valence-corrected chi connectivity index (χ1v) is 7.44. The molecule has 2 rings (SSSR count). The van der Waals surface area contributed by atoms with Gasteiger partial charge in [0, 0.05) is 11.0 Å². The largest absolute Gasteiger partial charge is 0.497 e. The lowest BCUT2D eigenvalue weighted by atomic mass is 10.3. The highest BCUT2D eigenvalue weighted by Gasteiger charge is 2.16. The zero-order valence-electron chi connectivity index (χ0n) is 12.1. The molecule has 3 nitrogen and oxygen atoms in total. The molecule has 0 radical (unpaired) electrons. The summed E-state index contributed by atoms with van der Waals surface area (Å²) in [5.74, 6) is -1.10. The van der Waals surface area contributed by atoms with E-state index in [1.165, 1.54) is 17.8 Å². The number of methoxy groups -OCH3 is 1.